The van der Waals surface area contributed by atoms with E-state index in [1.54, 1.807) is 24.9 Å². The molecule has 5 heteroatoms. The van der Waals surface area contributed by atoms with Gasteiger partial charge >= 0.3 is 0 Å². The molecule has 1 heterocycles. The molecular weight excluding hydrogens is 296 g/mol. The quantitative estimate of drug-likeness (QED) is 0.794. The number of thioether (sulfide) groups is 1. The van der Waals surface area contributed by atoms with Crippen molar-refractivity contribution in [2.45, 2.75) is 24.7 Å². The minimum Gasteiger partial charge on any atom is -0.493 e. The maximum absolute atomic E-state index is 11.7. The number of nitrogens with zero attached hydrogens (tertiary/aromatic N) is 2. The Hall–Kier alpha value is -1.75. The first-order chi connectivity index (χ1) is 10.6. The first-order valence-corrected chi connectivity index (χ1v) is 8.67. The van der Waals surface area contributed by atoms with Crippen molar-refractivity contribution < 1.29 is 4.74 Å². The summed E-state index contributed by atoms with van der Waals surface area (Å²) in [4.78, 5) is 12.9. The predicted octanol–water partition coefficient (Wildman–Crippen LogP) is 3.27. The number of hydrogen-bond acceptors (Lipinski definition) is 4. The van der Waals surface area contributed by atoms with E-state index in [1.165, 1.54) is 17.5 Å². The van der Waals surface area contributed by atoms with Gasteiger partial charge < -0.3 is 4.74 Å². The minimum absolute atomic E-state index is 0.0947. The van der Waals surface area contributed by atoms with Crippen LogP contribution in [0.3, 0.4) is 0 Å². The van der Waals surface area contributed by atoms with Gasteiger partial charge in [0.25, 0.3) is 5.56 Å². The number of rotatable bonds is 5. The van der Waals surface area contributed by atoms with Gasteiger partial charge in [-0.15, -0.1) is 11.8 Å². The van der Waals surface area contributed by atoms with Crippen LogP contribution in [0.25, 0.3) is 11.3 Å². The van der Waals surface area contributed by atoms with Crippen LogP contribution in [0.1, 0.15) is 18.4 Å². The molecule has 1 aliphatic rings. The van der Waals surface area contributed by atoms with Crippen LogP contribution in [0.2, 0.25) is 0 Å². The lowest BCUT2D eigenvalue weighted by atomic mass is 10.1. The number of aryl methyl sites for hydroxylation is 2. The Bertz CT molecular complexity index is 751. The summed E-state index contributed by atoms with van der Waals surface area (Å²) in [5.74, 6) is 1.54. The summed E-state index contributed by atoms with van der Waals surface area (Å²) in [5.41, 5.74) is 2.55. The van der Waals surface area contributed by atoms with Crippen LogP contribution in [0.4, 0.5) is 0 Å². The highest BCUT2D eigenvalue weighted by molar-refractivity contribution is 7.98. The molecule has 0 unspecified atom stereocenters. The summed E-state index contributed by atoms with van der Waals surface area (Å²) in [5, 5.41) is 4.44. The lowest BCUT2D eigenvalue weighted by molar-refractivity contribution is 0.300. The molecule has 0 radical (unpaired) electrons. The van der Waals surface area contributed by atoms with Crippen molar-refractivity contribution >= 4 is 11.8 Å². The van der Waals surface area contributed by atoms with Crippen LogP contribution in [0.15, 0.2) is 34.0 Å². The van der Waals surface area contributed by atoms with E-state index in [0.29, 0.717) is 5.92 Å². The summed E-state index contributed by atoms with van der Waals surface area (Å²) in [7, 11) is 1.68. The van der Waals surface area contributed by atoms with E-state index in [4.69, 9.17) is 4.74 Å². The van der Waals surface area contributed by atoms with Crippen molar-refractivity contribution in [3.05, 3.63) is 40.2 Å². The highest BCUT2D eigenvalue weighted by atomic mass is 32.2. The smallest absolute Gasteiger partial charge is 0.266 e. The highest BCUT2D eigenvalue weighted by Crippen LogP contribution is 2.36. The van der Waals surface area contributed by atoms with Crippen LogP contribution in [0, 0.1) is 12.8 Å². The molecule has 1 saturated carbocycles. The summed E-state index contributed by atoms with van der Waals surface area (Å²) >= 11 is 1.68. The minimum atomic E-state index is -0.0947. The molecule has 0 amide bonds. The molecule has 0 saturated heterocycles. The average Bonchev–Trinajstić information content (AvgIpc) is 3.33. The fourth-order valence-electron chi connectivity index (χ4n) is 2.33. The van der Waals surface area contributed by atoms with Crippen molar-refractivity contribution in [3.63, 3.8) is 0 Å². The third-order valence-electron chi connectivity index (χ3n) is 3.90. The predicted molar refractivity (Wildman–Crippen MR) is 89.7 cm³/mol. The van der Waals surface area contributed by atoms with Crippen molar-refractivity contribution in [3.8, 4) is 17.0 Å². The van der Waals surface area contributed by atoms with Gasteiger partial charge in [-0.05, 0) is 55.7 Å². The molecular formula is C17H20N2O2S. The number of ether oxygens (including phenoxy) is 1. The maximum Gasteiger partial charge on any atom is 0.266 e. The van der Waals surface area contributed by atoms with Crippen molar-refractivity contribution in [2.75, 3.05) is 12.9 Å². The van der Waals surface area contributed by atoms with E-state index in [9.17, 15) is 4.79 Å². The van der Waals surface area contributed by atoms with Gasteiger partial charge in [-0.25, -0.2) is 4.68 Å². The molecule has 22 heavy (non-hydrogen) atoms. The molecule has 4 nitrogen and oxygen atoms in total. The molecule has 0 N–H and O–H groups in total. The fraction of sp³-hybridized carbons (Fsp3) is 0.412. The molecule has 0 bridgehead atoms. The maximum atomic E-state index is 11.7. The van der Waals surface area contributed by atoms with E-state index in [2.05, 4.69) is 17.2 Å². The van der Waals surface area contributed by atoms with Gasteiger partial charge in [0.15, 0.2) is 0 Å². The Labute approximate surface area is 134 Å². The number of aromatic nitrogens is 2. The van der Waals surface area contributed by atoms with Gasteiger partial charge in [-0.1, -0.05) is 0 Å². The first-order valence-electron chi connectivity index (χ1n) is 7.44. The lowest BCUT2D eigenvalue weighted by Gasteiger charge is -2.14. The molecule has 1 aromatic heterocycles. The standard InChI is InChI=1S/C17H20N2O2S/c1-11-8-16(20)19(2)18-17(11)14-9-13(22-3)6-7-15(14)21-10-12-4-5-12/h6-9,12H,4-5,10H2,1-3H3. The molecule has 3 rings (SSSR count). The Morgan fingerprint density at radius 2 is 2.14 bits per heavy atom. The van der Waals surface area contributed by atoms with Crippen LogP contribution >= 0.6 is 11.8 Å². The summed E-state index contributed by atoms with van der Waals surface area (Å²) in [6.45, 7) is 2.68. The van der Waals surface area contributed by atoms with Crippen molar-refractivity contribution in [1.82, 2.24) is 9.78 Å². The molecule has 1 fully saturated rings. The van der Waals surface area contributed by atoms with E-state index >= 15 is 0 Å². The molecule has 116 valence electrons. The average molecular weight is 316 g/mol. The van der Waals surface area contributed by atoms with E-state index in [0.717, 1.165) is 34.1 Å². The summed E-state index contributed by atoms with van der Waals surface area (Å²) in [6.07, 6.45) is 4.57. The molecule has 1 aliphatic carbocycles. The Kier molecular flexibility index (Phi) is 4.25. The number of benzene rings is 1. The van der Waals surface area contributed by atoms with Crippen molar-refractivity contribution in [2.24, 2.45) is 13.0 Å². The molecule has 2 aromatic rings. The molecule has 0 aliphatic heterocycles. The Balaban J connectivity index is 2.05. The van der Waals surface area contributed by atoms with Crippen LogP contribution in [-0.4, -0.2) is 22.6 Å². The van der Waals surface area contributed by atoms with Gasteiger partial charge in [0.05, 0.1) is 12.3 Å². The van der Waals surface area contributed by atoms with Crippen LogP contribution in [-0.2, 0) is 7.05 Å². The van der Waals surface area contributed by atoms with Gasteiger partial charge in [0.1, 0.15) is 5.75 Å². The monoisotopic (exact) mass is 316 g/mol. The first kappa shape index (κ1) is 15.2. The fourth-order valence-corrected chi connectivity index (χ4v) is 2.77. The lowest BCUT2D eigenvalue weighted by Crippen LogP contribution is -2.20. The third kappa shape index (κ3) is 3.19. The zero-order valence-corrected chi connectivity index (χ0v) is 13.9. The van der Waals surface area contributed by atoms with Gasteiger partial charge in [-0.3, -0.25) is 4.79 Å². The van der Waals surface area contributed by atoms with Crippen molar-refractivity contribution in [1.29, 1.82) is 0 Å². The zero-order chi connectivity index (χ0) is 15.7. The largest absolute Gasteiger partial charge is 0.493 e. The second-order valence-electron chi connectivity index (χ2n) is 5.75. The SMILES string of the molecule is CSc1ccc(OCC2CC2)c(-c2nn(C)c(=O)cc2C)c1. The van der Waals surface area contributed by atoms with Crippen LogP contribution in [0.5, 0.6) is 5.75 Å². The zero-order valence-electron chi connectivity index (χ0n) is 13.1. The Morgan fingerprint density at radius 3 is 2.82 bits per heavy atom. The van der Waals surface area contributed by atoms with Gasteiger partial charge in [0, 0.05) is 23.6 Å². The van der Waals surface area contributed by atoms with E-state index in [1.807, 2.05) is 19.2 Å². The highest BCUT2D eigenvalue weighted by Gasteiger charge is 2.23. The normalized spacial score (nSPS) is 14.1. The van der Waals surface area contributed by atoms with Gasteiger partial charge in [-0.2, -0.15) is 5.10 Å². The molecule has 0 spiro atoms. The topological polar surface area (TPSA) is 44.1 Å². The Morgan fingerprint density at radius 1 is 1.36 bits per heavy atom. The summed E-state index contributed by atoms with van der Waals surface area (Å²) < 4.78 is 7.38. The second-order valence-corrected chi connectivity index (χ2v) is 6.63. The second kappa shape index (κ2) is 6.16. The molecule has 0 atom stereocenters. The third-order valence-corrected chi connectivity index (χ3v) is 4.62. The van der Waals surface area contributed by atoms with E-state index in [-0.39, 0.29) is 5.56 Å². The summed E-state index contributed by atoms with van der Waals surface area (Å²) in [6, 6.07) is 7.79. The number of hydrogen-bond donors (Lipinski definition) is 0. The van der Waals surface area contributed by atoms with E-state index < -0.39 is 0 Å². The molecule has 1 aromatic carbocycles. The van der Waals surface area contributed by atoms with Crippen LogP contribution < -0.4 is 10.3 Å². The van der Waals surface area contributed by atoms with Gasteiger partial charge in [0.2, 0.25) is 0 Å².